The normalized spacial score (nSPS) is 31.1. The summed E-state index contributed by atoms with van der Waals surface area (Å²) in [5.74, 6) is -0.347. The van der Waals surface area contributed by atoms with Crippen molar-refractivity contribution in [2.75, 3.05) is 13.2 Å². The molecule has 0 radical (unpaired) electrons. The Morgan fingerprint density at radius 3 is 2.39 bits per heavy atom. The Labute approximate surface area is 138 Å². The van der Waals surface area contributed by atoms with Crippen molar-refractivity contribution in [3.8, 4) is 0 Å². The van der Waals surface area contributed by atoms with Gasteiger partial charge in [-0.2, -0.15) is 0 Å². The fourth-order valence-corrected chi connectivity index (χ4v) is 2.69. The van der Waals surface area contributed by atoms with Gasteiger partial charge in [0.2, 0.25) is 5.91 Å². The van der Waals surface area contributed by atoms with Crippen LogP contribution in [0.2, 0.25) is 0 Å². The van der Waals surface area contributed by atoms with Crippen molar-refractivity contribution < 1.29 is 29.6 Å². The van der Waals surface area contributed by atoms with E-state index in [2.05, 4.69) is 12.2 Å². The average Bonchev–Trinajstić information content (AvgIpc) is 2.52. The number of rotatable bonds is 10. The summed E-state index contributed by atoms with van der Waals surface area (Å²) in [6.07, 6.45) is 2.37. The largest absolute Gasteiger partial charge is 0.394 e. The molecule has 1 aliphatic rings. The van der Waals surface area contributed by atoms with E-state index in [1.54, 1.807) is 0 Å². The van der Waals surface area contributed by atoms with Crippen molar-refractivity contribution in [2.24, 2.45) is 0 Å². The van der Waals surface area contributed by atoms with Gasteiger partial charge in [-0.25, -0.2) is 0 Å². The Morgan fingerprint density at radius 2 is 1.78 bits per heavy atom. The van der Waals surface area contributed by atoms with Crippen LogP contribution in [-0.2, 0) is 14.3 Å². The van der Waals surface area contributed by atoms with Crippen molar-refractivity contribution in [3.05, 3.63) is 0 Å². The molecule has 1 saturated heterocycles. The highest BCUT2D eigenvalue weighted by Gasteiger charge is 2.45. The number of aliphatic hydroxyl groups is 3. The summed E-state index contributed by atoms with van der Waals surface area (Å²) in [5.41, 5.74) is 0. The lowest BCUT2D eigenvalue weighted by Gasteiger charge is -2.42. The molecule has 136 valence electrons. The highest BCUT2D eigenvalue weighted by atomic mass is 16.7. The summed E-state index contributed by atoms with van der Waals surface area (Å²) in [6.45, 7) is 3.50. The first-order chi connectivity index (χ1) is 11.0. The third-order valence-electron chi connectivity index (χ3n) is 4.03. The van der Waals surface area contributed by atoms with Crippen molar-refractivity contribution in [2.45, 2.75) is 83.0 Å². The molecule has 0 spiro atoms. The summed E-state index contributed by atoms with van der Waals surface area (Å²) in [5, 5.41) is 31.8. The van der Waals surface area contributed by atoms with Crippen LogP contribution < -0.4 is 5.32 Å². The van der Waals surface area contributed by atoms with Crippen molar-refractivity contribution in [1.29, 1.82) is 0 Å². The molecule has 0 aromatic heterocycles. The predicted molar refractivity (Wildman–Crippen MR) is 84.7 cm³/mol. The van der Waals surface area contributed by atoms with E-state index in [0.29, 0.717) is 6.61 Å². The molecule has 1 amide bonds. The van der Waals surface area contributed by atoms with E-state index < -0.39 is 37.3 Å². The Hall–Kier alpha value is -0.730. The first kappa shape index (κ1) is 20.3. The predicted octanol–water partition coefficient (Wildman–Crippen LogP) is 0.307. The van der Waals surface area contributed by atoms with Crippen LogP contribution in [0.25, 0.3) is 0 Å². The second kappa shape index (κ2) is 10.9. The molecular weight excluding hydrogens is 302 g/mol. The van der Waals surface area contributed by atoms with Gasteiger partial charge in [0.15, 0.2) is 6.29 Å². The van der Waals surface area contributed by atoms with Crippen molar-refractivity contribution >= 4 is 5.91 Å². The summed E-state index contributed by atoms with van der Waals surface area (Å²) in [7, 11) is 0. The minimum Gasteiger partial charge on any atom is -0.394 e. The summed E-state index contributed by atoms with van der Waals surface area (Å²) in [4.78, 5) is 11.3. The number of nitrogens with one attached hydrogen (secondary N) is 1. The molecule has 0 aromatic carbocycles. The van der Waals surface area contributed by atoms with Gasteiger partial charge in [-0.15, -0.1) is 0 Å². The Kier molecular flexibility index (Phi) is 9.66. The SMILES string of the molecule is CCCCCCCCO[C@@H]1OC(CO)[C@H](O)[C@H](O)[C@H]1NC(C)=O. The third-order valence-corrected chi connectivity index (χ3v) is 4.03. The van der Waals surface area contributed by atoms with Gasteiger partial charge in [0.1, 0.15) is 24.4 Å². The molecule has 0 saturated carbocycles. The van der Waals surface area contributed by atoms with Crippen LogP contribution >= 0.6 is 0 Å². The third kappa shape index (κ3) is 6.73. The van der Waals surface area contributed by atoms with E-state index >= 15 is 0 Å². The van der Waals surface area contributed by atoms with Crippen molar-refractivity contribution in [1.82, 2.24) is 5.32 Å². The maximum absolute atomic E-state index is 11.3. The number of hydrogen-bond donors (Lipinski definition) is 4. The number of carbonyl (C=O) groups excluding carboxylic acids is 1. The number of amides is 1. The van der Waals surface area contributed by atoms with Gasteiger partial charge < -0.3 is 30.1 Å². The van der Waals surface area contributed by atoms with Crippen LogP contribution in [0.15, 0.2) is 0 Å². The molecule has 4 N–H and O–H groups in total. The summed E-state index contributed by atoms with van der Waals surface area (Å²) in [6, 6.07) is -0.856. The maximum Gasteiger partial charge on any atom is 0.217 e. The number of unbranched alkanes of at least 4 members (excludes halogenated alkanes) is 5. The standard InChI is InChI=1S/C16H31NO6/c1-3-4-5-6-7-8-9-22-16-13(17-11(2)19)15(21)14(20)12(10-18)23-16/h12-16,18,20-21H,3-10H2,1-2H3,(H,17,19)/t12?,13-,14+,15-,16-/m1/s1. The van der Waals surface area contributed by atoms with Crippen LogP contribution in [0.4, 0.5) is 0 Å². The molecule has 0 aromatic rings. The Balaban J connectivity index is 2.45. The molecule has 5 atom stereocenters. The second-order valence-corrected chi connectivity index (χ2v) is 6.07. The molecule has 1 fully saturated rings. The van der Waals surface area contributed by atoms with Gasteiger partial charge in [-0.3, -0.25) is 4.79 Å². The highest BCUT2D eigenvalue weighted by molar-refractivity contribution is 5.73. The lowest BCUT2D eigenvalue weighted by atomic mass is 9.97. The number of carbonyl (C=O) groups is 1. The van der Waals surface area contributed by atoms with E-state index in [0.717, 1.165) is 19.3 Å². The minimum atomic E-state index is -1.27. The highest BCUT2D eigenvalue weighted by Crippen LogP contribution is 2.22. The molecule has 1 heterocycles. The van der Waals surface area contributed by atoms with E-state index in [1.807, 2.05) is 0 Å². The van der Waals surface area contributed by atoms with E-state index in [4.69, 9.17) is 9.47 Å². The summed E-state index contributed by atoms with van der Waals surface area (Å²) < 4.78 is 11.1. The average molecular weight is 333 g/mol. The maximum atomic E-state index is 11.3. The zero-order valence-electron chi connectivity index (χ0n) is 14.1. The van der Waals surface area contributed by atoms with Gasteiger partial charge in [-0.05, 0) is 6.42 Å². The number of aliphatic hydroxyl groups excluding tert-OH is 3. The molecule has 0 aliphatic carbocycles. The number of hydrogen-bond acceptors (Lipinski definition) is 6. The van der Waals surface area contributed by atoms with Crippen LogP contribution in [0.3, 0.4) is 0 Å². The second-order valence-electron chi connectivity index (χ2n) is 6.07. The lowest BCUT2D eigenvalue weighted by molar-refractivity contribution is -0.270. The fraction of sp³-hybridized carbons (Fsp3) is 0.938. The van der Waals surface area contributed by atoms with Gasteiger partial charge in [0.25, 0.3) is 0 Å². The molecule has 23 heavy (non-hydrogen) atoms. The molecule has 1 rings (SSSR count). The topological polar surface area (TPSA) is 108 Å². The fourth-order valence-electron chi connectivity index (χ4n) is 2.69. The van der Waals surface area contributed by atoms with Crippen LogP contribution in [0.5, 0.6) is 0 Å². The molecular formula is C16H31NO6. The zero-order valence-corrected chi connectivity index (χ0v) is 14.1. The monoisotopic (exact) mass is 333 g/mol. The van der Waals surface area contributed by atoms with Gasteiger partial charge in [0.05, 0.1) is 6.61 Å². The van der Waals surface area contributed by atoms with Crippen LogP contribution in [0.1, 0.15) is 52.4 Å². The number of ether oxygens (including phenoxy) is 2. The first-order valence-corrected chi connectivity index (χ1v) is 8.52. The van der Waals surface area contributed by atoms with Crippen LogP contribution in [-0.4, -0.2) is 65.1 Å². The van der Waals surface area contributed by atoms with E-state index in [1.165, 1.54) is 26.2 Å². The van der Waals surface area contributed by atoms with Crippen LogP contribution in [0, 0.1) is 0 Å². The molecule has 1 unspecified atom stereocenters. The van der Waals surface area contributed by atoms with Gasteiger partial charge in [0, 0.05) is 13.5 Å². The molecule has 1 aliphatic heterocycles. The first-order valence-electron chi connectivity index (χ1n) is 8.52. The quantitative estimate of drug-likeness (QED) is 0.429. The molecule has 7 nitrogen and oxygen atoms in total. The minimum absolute atomic E-state index is 0.347. The van der Waals surface area contributed by atoms with Crippen molar-refractivity contribution in [3.63, 3.8) is 0 Å². The van der Waals surface area contributed by atoms with E-state index in [9.17, 15) is 20.1 Å². The summed E-state index contributed by atoms with van der Waals surface area (Å²) >= 11 is 0. The Bertz CT molecular complexity index is 341. The molecule has 0 bridgehead atoms. The zero-order chi connectivity index (χ0) is 17.2. The lowest BCUT2D eigenvalue weighted by Crippen LogP contribution is -2.64. The van der Waals surface area contributed by atoms with Gasteiger partial charge >= 0.3 is 0 Å². The Morgan fingerprint density at radius 1 is 1.13 bits per heavy atom. The van der Waals surface area contributed by atoms with E-state index in [-0.39, 0.29) is 5.91 Å². The smallest absolute Gasteiger partial charge is 0.217 e. The molecule has 7 heteroatoms. The van der Waals surface area contributed by atoms with Gasteiger partial charge in [-0.1, -0.05) is 39.0 Å².